The molecule has 1 aromatic carbocycles. The zero-order valence-electron chi connectivity index (χ0n) is 17.4. The van der Waals surface area contributed by atoms with Crippen molar-refractivity contribution in [2.45, 2.75) is 50.9 Å². The highest BCUT2D eigenvalue weighted by molar-refractivity contribution is 7.08. The summed E-state index contributed by atoms with van der Waals surface area (Å²) in [6.07, 6.45) is 3.59. The number of fused-ring (bicyclic) bond motifs is 2. The van der Waals surface area contributed by atoms with E-state index in [-0.39, 0.29) is 17.2 Å². The summed E-state index contributed by atoms with van der Waals surface area (Å²) in [5.41, 5.74) is 3.68. The predicted molar refractivity (Wildman–Crippen MR) is 117 cm³/mol. The van der Waals surface area contributed by atoms with Crippen LogP contribution in [0.2, 0.25) is 0 Å². The largest absolute Gasteiger partial charge is 0.343 e. The first kappa shape index (κ1) is 20.1. The Labute approximate surface area is 177 Å². The average Bonchev–Trinajstić information content (AvgIpc) is 3.37. The summed E-state index contributed by atoms with van der Waals surface area (Å²) < 4.78 is 0. The van der Waals surface area contributed by atoms with Crippen LogP contribution in [0.4, 0.5) is 0 Å². The number of hydrogen-bond donors (Lipinski definition) is 0. The van der Waals surface area contributed by atoms with Gasteiger partial charge < -0.3 is 9.80 Å². The normalized spacial score (nSPS) is 19.9. The van der Waals surface area contributed by atoms with Gasteiger partial charge in [-0.1, -0.05) is 24.3 Å². The van der Waals surface area contributed by atoms with E-state index >= 15 is 0 Å². The number of nitrogens with zero attached hydrogens (tertiary/aromatic N) is 2. The maximum atomic E-state index is 12.8. The summed E-state index contributed by atoms with van der Waals surface area (Å²) in [5, 5.41) is 3.90. The summed E-state index contributed by atoms with van der Waals surface area (Å²) in [7, 11) is 0. The molecule has 2 aliphatic rings. The molecule has 1 aliphatic carbocycles. The lowest BCUT2D eigenvalue weighted by atomic mass is 9.73. The van der Waals surface area contributed by atoms with Crippen molar-refractivity contribution in [3.8, 4) is 0 Å². The van der Waals surface area contributed by atoms with Crippen LogP contribution in [-0.4, -0.2) is 47.8 Å². The number of carbonyl (C=O) groups is 2. The van der Waals surface area contributed by atoms with Crippen LogP contribution in [0.15, 0.2) is 41.1 Å². The summed E-state index contributed by atoms with van der Waals surface area (Å²) in [6.45, 7) is 7.22. The van der Waals surface area contributed by atoms with Crippen LogP contribution in [0.5, 0.6) is 0 Å². The van der Waals surface area contributed by atoms with E-state index in [0.717, 1.165) is 51.0 Å². The van der Waals surface area contributed by atoms with Gasteiger partial charge >= 0.3 is 0 Å². The maximum absolute atomic E-state index is 12.8. The fourth-order valence-electron chi connectivity index (χ4n) is 5.31. The van der Waals surface area contributed by atoms with Crippen LogP contribution in [0.1, 0.15) is 66.9 Å². The van der Waals surface area contributed by atoms with E-state index in [9.17, 15) is 9.59 Å². The number of thiophene rings is 1. The van der Waals surface area contributed by atoms with E-state index in [0.29, 0.717) is 12.3 Å². The number of hydrogen-bond acceptors (Lipinski definition) is 3. The Morgan fingerprint density at radius 1 is 1.14 bits per heavy atom. The first-order chi connectivity index (χ1) is 14.1. The van der Waals surface area contributed by atoms with Gasteiger partial charge in [-0.3, -0.25) is 9.59 Å². The van der Waals surface area contributed by atoms with E-state index < -0.39 is 0 Å². The quantitative estimate of drug-likeness (QED) is 0.719. The molecule has 1 spiro atoms. The Morgan fingerprint density at radius 3 is 2.52 bits per heavy atom. The number of benzene rings is 1. The lowest BCUT2D eigenvalue weighted by Crippen LogP contribution is -2.44. The molecule has 1 aromatic heterocycles. The Morgan fingerprint density at radius 2 is 1.86 bits per heavy atom. The van der Waals surface area contributed by atoms with Crippen molar-refractivity contribution in [1.29, 1.82) is 0 Å². The molecule has 2 aromatic rings. The van der Waals surface area contributed by atoms with Gasteiger partial charge in [-0.15, -0.1) is 0 Å². The van der Waals surface area contributed by atoms with Gasteiger partial charge in [-0.05, 0) is 67.0 Å². The van der Waals surface area contributed by atoms with Gasteiger partial charge in [0.2, 0.25) is 5.91 Å². The number of rotatable bonds is 5. The zero-order chi connectivity index (χ0) is 20.4. The van der Waals surface area contributed by atoms with Crippen molar-refractivity contribution < 1.29 is 9.59 Å². The summed E-state index contributed by atoms with van der Waals surface area (Å²) in [4.78, 5) is 29.5. The Hall–Kier alpha value is -2.14. The topological polar surface area (TPSA) is 40.6 Å². The van der Waals surface area contributed by atoms with E-state index in [1.807, 2.05) is 40.5 Å². The molecule has 1 fully saturated rings. The second-order valence-corrected chi connectivity index (χ2v) is 9.12. The summed E-state index contributed by atoms with van der Waals surface area (Å²) in [5.74, 6) is 0.705. The molecule has 154 valence electrons. The Balaban J connectivity index is 1.50. The van der Waals surface area contributed by atoms with Gasteiger partial charge in [-0.25, -0.2) is 0 Å². The molecule has 0 radical (unpaired) electrons. The SMILES string of the molecule is CCN(CC)C(=O)CC1CC2(CCN(C(=O)c3ccsc3)CC2)c2ccccc21. The molecule has 5 heteroatoms. The first-order valence-corrected chi connectivity index (χ1v) is 11.7. The highest BCUT2D eigenvalue weighted by Crippen LogP contribution is 2.52. The minimum absolute atomic E-state index is 0.107. The Kier molecular flexibility index (Phi) is 5.77. The minimum atomic E-state index is 0.107. The van der Waals surface area contributed by atoms with Gasteiger partial charge in [0, 0.05) is 38.0 Å². The van der Waals surface area contributed by atoms with Crippen molar-refractivity contribution in [3.05, 3.63) is 57.8 Å². The molecule has 1 atom stereocenters. The molecule has 0 bridgehead atoms. The molecule has 1 saturated heterocycles. The molecule has 4 rings (SSSR count). The molecule has 1 aliphatic heterocycles. The third-order valence-corrected chi connectivity index (χ3v) is 7.61. The summed E-state index contributed by atoms with van der Waals surface area (Å²) >= 11 is 1.57. The highest BCUT2D eigenvalue weighted by Gasteiger charge is 2.46. The van der Waals surface area contributed by atoms with Crippen molar-refractivity contribution >= 4 is 23.2 Å². The monoisotopic (exact) mass is 410 g/mol. The Bertz CT molecular complexity index is 865. The van der Waals surface area contributed by atoms with E-state index in [4.69, 9.17) is 0 Å². The van der Waals surface area contributed by atoms with Crippen molar-refractivity contribution in [2.75, 3.05) is 26.2 Å². The van der Waals surface area contributed by atoms with Gasteiger partial charge in [-0.2, -0.15) is 11.3 Å². The van der Waals surface area contributed by atoms with Gasteiger partial charge in [0.25, 0.3) is 5.91 Å². The first-order valence-electron chi connectivity index (χ1n) is 10.8. The van der Waals surface area contributed by atoms with Crippen LogP contribution in [0.25, 0.3) is 0 Å². The fourth-order valence-corrected chi connectivity index (χ4v) is 5.94. The predicted octanol–water partition coefficient (Wildman–Crippen LogP) is 4.67. The van der Waals surface area contributed by atoms with Crippen molar-refractivity contribution in [1.82, 2.24) is 9.80 Å². The van der Waals surface area contributed by atoms with Crippen LogP contribution >= 0.6 is 11.3 Å². The van der Waals surface area contributed by atoms with E-state index in [2.05, 4.69) is 24.3 Å². The van der Waals surface area contributed by atoms with Gasteiger partial charge in [0.05, 0.1) is 5.56 Å². The summed E-state index contributed by atoms with van der Waals surface area (Å²) in [6, 6.07) is 10.6. The van der Waals surface area contributed by atoms with E-state index in [1.54, 1.807) is 11.3 Å². The smallest absolute Gasteiger partial charge is 0.254 e. The van der Waals surface area contributed by atoms with Crippen molar-refractivity contribution in [3.63, 3.8) is 0 Å². The molecule has 2 amide bonds. The lowest BCUT2D eigenvalue weighted by molar-refractivity contribution is -0.131. The molecular weight excluding hydrogens is 380 g/mol. The number of likely N-dealkylation sites (tertiary alicyclic amines) is 1. The van der Waals surface area contributed by atoms with Gasteiger partial charge in [0.1, 0.15) is 0 Å². The number of amides is 2. The molecule has 1 unspecified atom stereocenters. The minimum Gasteiger partial charge on any atom is -0.343 e. The number of piperidine rings is 1. The number of carbonyl (C=O) groups excluding carboxylic acids is 2. The second kappa shape index (κ2) is 8.31. The molecule has 2 heterocycles. The maximum Gasteiger partial charge on any atom is 0.254 e. The highest BCUT2D eigenvalue weighted by atomic mass is 32.1. The van der Waals surface area contributed by atoms with E-state index in [1.165, 1.54) is 11.1 Å². The van der Waals surface area contributed by atoms with Crippen LogP contribution in [0, 0.1) is 0 Å². The fraction of sp³-hybridized carbons (Fsp3) is 0.500. The third kappa shape index (κ3) is 3.73. The molecule has 0 saturated carbocycles. The van der Waals surface area contributed by atoms with Gasteiger partial charge in [0.15, 0.2) is 0 Å². The molecular formula is C24H30N2O2S. The molecule has 4 nitrogen and oxygen atoms in total. The average molecular weight is 411 g/mol. The molecule has 29 heavy (non-hydrogen) atoms. The standard InChI is InChI=1S/C24H30N2O2S/c1-3-25(4-2)22(27)15-19-16-24(21-8-6-5-7-20(19)21)10-12-26(13-11-24)23(28)18-9-14-29-17-18/h5-9,14,17,19H,3-4,10-13,15-16H2,1-2H3. The second-order valence-electron chi connectivity index (χ2n) is 8.34. The van der Waals surface area contributed by atoms with Crippen LogP contribution in [0.3, 0.4) is 0 Å². The van der Waals surface area contributed by atoms with Crippen LogP contribution in [-0.2, 0) is 10.2 Å². The van der Waals surface area contributed by atoms with Crippen molar-refractivity contribution in [2.24, 2.45) is 0 Å². The third-order valence-electron chi connectivity index (χ3n) is 6.92. The van der Waals surface area contributed by atoms with Crippen LogP contribution < -0.4 is 0 Å². The lowest BCUT2D eigenvalue weighted by Gasteiger charge is -2.40. The molecule has 0 N–H and O–H groups in total. The zero-order valence-corrected chi connectivity index (χ0v) is 18.2.